The molecule has 1 heterocycles. The first-order valence-corrected chi connectivity index (χ1v) is 14.8. The van der Waals surface area contributed by atoms with E-state index in [-0.39, 0.29) is 47.1 Å². The first-order valence-electron chi connectivity index (χ1n) is 14.4. The number of carbonyl (C=O) groups is 2. The molecule has 1 aliphatic carbocycles. The molecule has 1 aromatic carbocycles. The second kappa shape index (κ2) is 14.1. The van der Waals surface area contributed by atoms with Gasteiger partial charge in [0.15, 0.2) is 0 Å². The van der Waals surface area contributed by atoms with Gasteiger partial charge in [-0.25, -0.2) is 4.39 Å². The number of allylic oxidation sites excluding steroid dienone is 1. The van der Waals surface area contributed by atoms with E-state index in [1.165, 1.54) is 12.1 Å². The Hall–Kier alpha value is -3.00. The lowest BCUT2D eigenvalue weighted by molar-refractivity contribution is -0.133. The Balaban J connectivity index is 2.04. The number of nitrogens with one attached hydrogen (secondary N) is 2. The molecule has 3 unspecified atom stereocenters. The van der Waals surface area contributed by atoms with Crippen LogP contribution < -0.4 is 11.1 Å². The number of hydrogen-bond acceptors (Lipinski definition) is 4. The maximum absolute atomic E-state index is 14.4. The Morgan fingerprint density at radius 1 is 1.32 bits per heavy atom. The van der Waals surface area contributed by atoms with E-state index in [9.17, 15) is 14.0 Å². The standard InChI is InChI=1S/C31H43ClFN5O2/c1-5-7-11-26(21-9-8-10-22(13-12-21)29(39)36-19-27(34)35)38-30(40)28(23-14-15-25(33)24(32)17-23)37-31(38,16-6-2)18-20(3)4/h10,12-15,17,20-21,26H,5-9,11,16,18-19H2,1-4H3,(H3,34,35)(H,36,39). The highest BCUT2D eigenvalue weighted by molar-refractivity contribution is 6.47. The van der Waals surface area contributed by atoms with Crippen molar-refractivity contribution in [2.45, 2.75) is 90.8 Å². The first kappa shape index (κ1) is 31.5. The summed E-state index contributed by atoms with van der Waals surface area (Å²) in [6.45, 7) is 8.53. The summed E-state index contributed by atoms with van der Waals surface area (Å²) in [4.78, 5) is 34.2. The number of halogens is 2. The Morgan fingerprint density at radius 2 is 2.08 bits per heavy atom. The topological polar surface area (TPSA) is 112 Å². The van der Waals surface area contributed by atoms with E-state index in [4.69, 9.17) is 27.7 Å². The summed E-state index contributed by atoms with van der Waals surface area (Å²) in [5.41, 5.74) is 6.08. The summed E-state index contributed by atoms with van der Waals surface area (Å²) < 4.78 is 14.0. The molecule has 0 saturated heterocycles. The lowest BCUT2D eigenvalue weighted by Crippen LogP contribution is -2.55. The van der Waals surface area contributed by atoms with Crippen LogP contribution in [0.4, 0.5) is 4.39 Å². The summed E-state index contributed by atoms with van der Waals surface area (Å²) >= 11 is 6.12. The third-order valence-corrected chi connectivity index (χ3v) is 7.83. The van der Waals surface area contributed by atoms with Gasteiger partial charge in [0, 0.05) is 17.2 Å². The van der Waals surface area contributed by atoms with Crippen molar-refractivity contribution >= 4 is 35.0 Å². The largest absolute Gasteiger partial charge is 0.386 e. The van der Waals surface area contributed by atoms with E-state index in [2.05, 4.69) is 39.1 Å². The van der Waals surface area contributed by atoms with E-state index < -0.39 is 11.5 Å². The van der Waals surface area contributed by atoms with Crippen molar-refractivity contribution in [1.29, 1.82) is 5.41 Å². The van der Waals surface area contributed by atoms with Crippen molar-refractivity contribution in [3.8, 4) is 0 Å². The van der Waals surface area contributed by atoms with E-state index in [1.54, 1.807) is 6.07 Å². The Bertz CT molecular complexity index is 1190. The van der Waals surface area contributed by atoms with Crippen LogP contribution >= 0.6 is 11.6 Å². The third kappa shape index (κ3) is 7.39. The minimum absolute atomic E-state index is 0.00287. The van der Waals surface area contributed by atoms with E-state index in [1.807, 2.05) is 17.1 Å². The van der Waals surface area contributed by atoms with Crippen LogP contribution in [0.15, 0.2) is 47.0 Å². The van der Waals surface area contributed by atoms with Gasteiger partial charge >= 0.3 is 0 Å². The fraction of sp³-hybridized carbons (Fsp3) is 0.548. The second-order valence-corrected chi connectivity index (χ2v) is 11.7. The highest BCUT2D eigenvalue weighted by Gasteiger charge is 2.51. The number of nitrogens with zero attached hydrogens (tertiary/aromatic N) is 2. The van der Waals surface area contributed by atoms with Crippen molar-refractivity contribution < 1.29 is 14.0 Å². The number of aliphatic imine (C=N–C) groups is 1. The van der Waals surface area contributed by atoms with Crippen LogP contribution in [0, 0.1) is 23.1 Å². The van der Waals surface area contributed by atoms with Crippen molar-refractivity contribution in [3.63, 3.8) is 0 Å². The summed E-state index contributed by atoms with van der Waals surface area (Å²) in [7, 11) is 0. The van der Waals surface area contributed by atoms with Crippen LogP contribution in [-0.4, -0.2) is 46.5 Å². The van der Waals surface area contributed by atoms with Crippen LogP contribution in [0.1, 0.15) is 84.6 Å². The molecule has 9 heteroatoms. The van der Waals surface area contributed by atoms with Crippen LogP contribution in [0.2, 0.25) is 5.02 Å². The zero-order valence-corrected chi connectivity index (χ0v) is 24.9. The van der Waals surface area contributed by atoms with E-state index >= 15 is 0 Å². The van der Waals surface area contributed by atoms with Crippen molar-refractivity contribution in [1.82, 2.24) is 10.2 Å². The Labute approximate surface area is 242 Å². The van der Waals surface area contributed by atoms with Crippen molar-refractivity contribution in [2.75, 3.05) is 6.54 Å². The maximum Gasteiger partial charge on any atom is 0.274 e. The van der Waals surface area contributed by atoms with Gasteiger partial charge in [0.2, 0.25) is 0 Å². The van der Waals surface area contributed by atoms with Gasteiger partial charge in [-0.2, -0.15) is 0 Å². The van der Waals surface area contributed by atoms with Crippen LogP contribution in [0.25, 0.3) is 0 Å². The number of amidine groups is 1. The minimum Gasteiger partial charge on any atom is -0.386 e. The summed E-state index contributed by atoms with van der Waals surface area (Å²) in [5.74, 6) is -0.755. The maximum atomic E-state index is 14.4. The molecule has 2 aliphatic rings. The fourth-order valence-electron chi connectivity index (χ4n) is 5.92. The number of hydrogen-bond donors (Lipinski definition) is 3. The van der Waals surface area contributed by atoms with E-state index in [0.29, 0.717) is 36.1 Å². The second-order valence-electron chi connectivity index (χ2n) is 11.3. The normalized spacial score (nSPS) is 21.7. The fourth-order valence-corrected chi connectivity index (χ4v) is 6.10. The summed E-state index contributed by atoms with van der Waals surface area (Å²) in [5, 5.41) is 10.0. The summed E-state index contributed by atoms with van der Waals surface area (Å²) in [6.07, 6.45) is 12.3. The van der Waals surface area contributed by atoms with Crippen molar-refractivity contribution in [2.24, 2.45) is 22.6 Å². The average molecular weight is 572 g/mol. The Kier molecular flexibility index (Phi) is 11.1. The zero-order valence-electron chi connectivity index (χ0n) is 24.1. The molecule has 1 aliphatic heterocycles. The van der Waals surface area contributed by atoms with Crippen LogP contribution in [0.3, 0.4) is 0 Å². The van der Waals surface area contributed by atoms with Gasteiger partial charge in [-0.05, 0) is 62.1 Å². The number of nitrogens with two attached hydrogens (primary N) is 1. The molecule has 40 heavy (non-hydrogen) atoms. The monoisotopic (exact) mass is 571 g/mol. The molecule has 0 fully saturated rings. The van der Waals surface area contributed by atoms with Crippen LogP contribution in [-0.2, 0) is 9.59 Å². The first-order chi connectivity index (χ1) is 19.0. The van der Waals surface area contributed by atoms with Gasteiger partial charge < -0.3 is 16.0 Å². The highest BCUT2D eigenvalue weighted by Crippen LogP contribution is 2.42. The smallest absolute Gasteiger partial charge is 0.274 e. The molecule has 0 radical (unpaired) electrons. The molecule has 7 nitrogen and oxygen atoms in total. The molecule has 0 aromatic heterocycles. The summed E-state index contributed by atoms with van der Waals surface area (Å²) in [6, 6.07) is 4.23. The zero-order chi connectivity index (χ0) is 29.4. The van der Waals surface area contributed by atoms with E-state index in [0.717, 1.165) is 32.1 Å². The van der Waals surface area contributed by atoms with Gasteiger partial charge in [-0.1, -0.05) is 76.8 Å². The predicted octanol–water partition coefficient (Wildman–Crippen LogP) is 6.16. The number of unbranched alkanes of at least 4 members (excludes halogenated alkanes) is 1. The highest BCUT2D eigenvalue weighted by atomic mass is 35.5. The molecule has 1 aromatic rings. The average Bonchev–Trinajstić information content (AvgIpc) is 3.03. The quantitative estimate of drug-likeness (QED) is 0.195. The van der Waals surface area contributed by atoms with Gasteiger partial charge in [0.1, 0.15) is 23.0 Å². The molecular formula is C31H43ClFN5O2. The lowest BCUT2D eigenvalue weighted by atomic mass is 9.84. The molecular weight excluding hydrogens is 529 g/mol. The molecule has 3 atom stereocenters. The number of rotatable bonds is 13. The van der Waals surface area contributed by atoms with Gasteiger partial charge in [0.05, 0.1) is 11.6 Å². The minimum atomic E-state index is -0.718. The molecule has 2 amide bonds. The van der Waals surface area contributed by atoms with Gasteiger partial charge in [-0.3, -0.25) is 20.0 Å². The van der Waals surface area contributed by atoms with Gasteiger partial charge in [-0.15, -0.1) is 0 Å². The molecule has 0 saturated carbocycles. The predicted molar refractivity (Wildman–Crippen MR) is 160 cm³/mol. The van der Waals surface area contributed by atoms with Gasteiger partial charge in [0.25, 0.3) is 11.8 Å². The number of benzene rings is 1. The molecule has 0 bridgehead atoms. The van der Waals surface area contributed by atoms with Crippen LogP contribution in [0.5, 0.6) is 0 Å². The number of amides is 2. The lowest BCUT2D eigenvalue weighted by Gasteiger charge is -2.45. The number of carbonyl (C=O) groups excluding carboxylic acids is 2. The molecule has 4 N–H and O–H groups in total. The Morgan fingerprint density at radius 3 is 2.70 bits per heavy atom. The molecule has 218 valence electrons. The van der Waals surface area contributed by atoms with Crippen molar-refractivity contribution in [3.05, 3.63) is 58.4 Å². The third-order valence-electron chi connectivity index (χ3n) is 7.54. The SMILES string of the molecule is CCCCC(C1C=CC(C(=O)NCC(=N)N)=CCC1)N1C(=O)C(c2ccc(F)c(Cl)c2)=NC1(CCC)CC(C)C. The molecule has 3 rings (SSSR count). The molecule has 0 spiro atoms.